The number of hydrogen-bond donors (Lipinski definition) is 2. The molecule has 1 rings (SSSR count). The highest BCUT2D eigenvalue weighted by Gasteiger charge is 2.27. The Morgan fingerprint density at radius 3 is 2.09 bits per heavy atom. The minimum absolute atomic E-state index is 0.00897. The van der Waals surface area contributed by atoms with Gasteiger partial charge in [-0.2, -0.15) is 0 Å². The third-order valence-corrected chi connectivity index (χ3v) is 5.60. The normalized spacial score (nSPS) is 13.2. The average molecular weight is 475 g/mol. The van der Waals surface area contributed by atoms with Crippen LogP contribution in [-0.4, -0.2) is 29.6 Å². The van der Waals surface area contributed by atoms with E-state index >= 15 is 0 Å². The van der Waals surface area contributed by atoms with Gasteiger partial charge in [-0.1, -0.05) is 45.7 Å². The molecule has 1 aromatic carbocycles. The molecular weight excluding hydrogens is 432 g/mol. The second-order valence-corrected chi connectivity index (χ2v) is 10.3. The van der Waals surface area contributed by atoms with E-state index in [2.05, 4.69) is 17.6 Å². The van der Waals surface area contributed by atoms with Crippen LogP contribution in [0.3, 0.4) is 0 Å². The molecule has 0 unspecified atom stereocenters. The van der Waals surface area contributed by atoms with Crippen LogP contribution in [0.15, 0.2) is 24.3 Å². The average Bonchev–Trinajstić information content (AvgIpc) is 2.75. The van der Waals surface area contributed by atoms with Crippen molar-refractivity contribution in [2.24, 2.45) is 17.3 Å². The van der Waals surface area contributed by atoms with Gasteiger partial charge < -0.3 is 15.4 Å². The van der Waals surface area contributed by atoms with Gasteiger partial charge in [0.25, 0.3) is 0 Å². The number of Topliss-reactive ketones (excluding diaryl/α,β-unsaturated/α-hetero) is 1. The van der Waals surface area contributed by atoms with E-state index in [1.807, 2.05) is 13.8 Å². The quantitative estimate of drug-likeness (QED) is 0.308. The Bertz CT molecular complexity index is 824. The van der Waals surface area contributed by atoms with Crippen LogP contribution in [0.25, 0.3) is 0 Å². The number of benzene rings is 1. The van der Waals surface area contributed by atoms with Gasteiger partial charge >= 0.3 is 5.97 Å². The van der Waals surface area contributed by atoms with Crippen LogP contribution >= 0.6 is 0 Å². The van der Waals surface area contributed by atoms with E-state index < -0.39 is 17.4 Å². The lowest BCUT2D eigenvalue weighted by atomic mass is 9.88. The first-order valence-corrected chi connectivity index (χ1v) is 12.2. The Morgan fingerprint density at radius 1 is 0.941 bits per heavy atom. The molecule has 0 spiro atoms. The fourth-order valence-electron chi connectivity index (χ4n) is 3.24. The highest BCUT2D eigenvalue weighted by atomic mass is 16.5. The fraction of sp³-hybridized carbons (Fsp3) is 0.630. The van der Waals surface area contributed by atoms with Gasteiger partial charge in [-0.15, -0.1) is 0 Å². The van der Waals surface area contributed by atoms with Crippen molar-refractivity contribution in [3.05, 3.63) is 29.8 Å². The molecule has 0 aliphatic rings. The lowest BCUT2D eigenvalue weighted by Crippen LogP contribution is -2.45. The number of rotatable bonds is 13. The van der Waals surface area contributed by atoms with E-state index in [-0.39, 0.29) is 42.5 Å². The van der Waals surface area contributed by atoms with Gasteiger partial charge in [0.05, 0.1) is 5.41 Å². The third kappa shape index (κ3) is 10.5. The van der Waals surface area contributed by atoms with Crippen molar-refractivity contribution in [1.29, 1.82) is 0 Å². The molecule has 0 radical (unpaired) electrons. The highest BCUT2D eigenvalue weighted by Crippen LogP contribution is 2.19. The molecule has 7 nitrogen and oxygen atoms in total. The molecule has 0 saturated carbocycles. The molecule has 1 aromatic rings. The van der Waals surface area contributed by atoms with E-state index in [0.29, 0.717) is 12.1 Å². The summed E-state index contributed by atoms with van der Waals surface area (Å²) in [5.74, 6) is -1.29. The van der Waals surface area contributed by atoms with Crippen LogP contribution < -0.4 is 10.6 Å². The number of nitrogens with one attached hydrogen (secondary N) is 2. The number of ether oxygens (including phenoxy) is 1. The standard InChI is InChI=1S/C27H42N2O5/c1-8-9-10-11-22(30)16-23(18(2)3)25(32)28-19(4)24(31)29-21-14-12-20(13-15-21)17-34-26(33)27(5,6)7/h12-15,18-19,23H,8-11,16-17H2,1-7H3,(H,28,32)(H,29,31)/t19-,23-/m0/s1. The molecule has 2 amide bonds. The number of unbranched alkanes of at least 4 members (excludes halogenated alkanes) is 2. The lowest BCUT2D eigenvalue weighted by molar-refractivity contribution is -0.154. The Labute approximate surface area is 204 Å². The second-order valence-electron chi connectivity index (χ2n) is 10.3. The first-order valence-electron chi connectivity index (χ1n) is 12.2. The van der Waals surface area contributed by atoms with Crippen molar-refractivity contribution in [3.63, 3.8) is 0 Å². The van der Waals surface area contributed by atoms with Gasteiger partial charge in [0, 0.05) is 24.4 Å². The minimum Gasteiger partial charge on any atom is -0.460 e. The van der Waals surface area contributed by atoms with Crippen LogP contribution in [-0.2, 0) is 30.5 Å². The van der Waals surface area contributed by atoms with Crippen molar-refractivity contribution < 1.29 is 23.9 Å². The molecule has 190 valence electrons. The summed E-state index contributed by atoms with van der Waals surface area (Å²) in [6.07, 6.45) is 3.58. The summed E-state index contributed by atoms with van der Waals surface area (Å²) in [4.78, 5) is 49.5. The Hall–Kier alpha value is -2.70. The SMILES string of the molecule is CCCCCC(=O)C[C@H](C(=O)N[C@@H](C)C(=O)Nc1ccc(COC(=O)C(C)(C)C)cc1)C(C)C. The van der Waals surface area contributed by atoms with E-state index in [1.165, 1.54) is 0 Å². The van der Waals surface area contributed by atoms with Gasteiger partial charge in [-0.05, 0) is 57.7 Å². The van der Waals surface area contributed by atoms with E-state index in [0.717, 1.165) is 24.8 Å². The largest absolute Gasteiger partial charge is 0.460 e. The molecule has 0 fully saturated rings. The summed E-state index contributed by atoms with van der Waals surface area (Å²) in [6, 6.07) is 6.23. The number of ketones is 1. The number of amides is 2. The molecule has 0 aromatic heterocycles. The lowest BCUT2D eigenvalue weighted by Gasteiger charge is -2.22. The van der Waals surface area contributed by atoms with Crippen molar-refractivity contribution in [3.8, 4) is 0 Å². The molecule has 2 N–H and O–H groups in total. The highest BCUT2D eigenvalue weighted by molar-refractivity contribution is 5.97. The first kappa shape index (κ1) is 29.3. The van der Waals surface area contributed by atoms with Gasteiger partial charge in [0.1, 0.15) is 18.4 Å². The summed E-state index contributed by atoms with van der Waals surface area (Å²) in [5.41, 5.74) is 0.814. The van der Waals surface area contributed by atoms with Crippen molar-refractivity contribution in [2.45, 2.75) is 93.2 Å². The van der Waals surface area contributed by atoms with Crippen molar-refractivity contribution >= 4 is 29.3 Å². The zero-order chi connectivity index (χ0) is 25.9. The maximum absolute atomic E-state index is 12.8. The number of anilines is 1. The summed E-state index contributed by atoms with van der Waals surface area (Å²) in [7, 11) is 0. The van der Waals surface area contributed by atoms with Gasteiger partial charge in [0.15, 0.2) is 0 Å². The van der Waals surface area contributed by atoms with Gasteiger partial charge in [-0.3, -0.25) is 19.2 Å². The summed E-state index contributed by atoms with van der Waals surface area (Å²) in [6.45, 7) is 13.1. The van der Waals surface area contributed by atoms with Gasteiger partial charge in [0.2, 0.25) is 11.8 Å². The second kappa shape index (κ2) is 13.9. The van der Waals surface area contributed by atoms with Crippen LogP contribution in [0.1, 0.15) is 86.1 Å². The molecule has 34 heavy (non-hydrogen) atoms. The predicted octanol–water partition coefficient (Wildman–Crippen LogP) is 5.03. The van der Waals surface area contributed by atoms with Crippen LogP contribution in [0, 0.1) is 17.3 Å². The maximum Gasteiger partial charge on any atom is 0.311 e. The molecule has 0 aliphatic heterocycles. The third-order valence-electron chi connectivity index (χ3n) is 5.60. The fourth-order valence-corrected chi connectivity index (χ4v) is 3.24. The smallest absolute Gasteiger partial charge is 0.311 e. The van der Waals surface area contributed by atoms with Crippen molar-refractivity contribution in [1.82, 2.24) is 5.32 Å². The van der Waals surface area contributed by atoms with E-state index in [9.17, 15) is 19.2 Å². The van der Waals surface area contributed by atoms with E-state index in [1.54, 1.807) is 52.0 Å². The Balaban J connectivity index is 2.60. The molecule has 0 heterocycles. The molecule has 0 bridgehead atoms. The number of carbonyl (C=O) groups excluding carboxylic acids is 4. The minimum atomic E-state index is -0.753. The summed E-state index contributed by atoms with van der Waals surface area (Å²) in [5, 5.41) is 5.53. The molecular formula is C27H42N2O5. The Morgan fingerprint density at radius 2 is 1.56 bits per heavy atom. The van der Waals surface area contributed by atoms with Crippen molar-refractivity contribution in [2.75, 3.05) is 5.32 Å². The number of carbonyl (C=O) groups is 4. The predicted molar refractivity (Wildman–Crippen MR) is 134 cm³/mol. The first-order chi connectivity index (χ1) is 15.8. The van der Waals surface area contributed by atoms with Crippen LogP contribution in [0.2, 0.25) is 0 Å². The molecule has 7 heteroatoms. The topological polar surface area (TPSA) is 102 Å². The molecule has 0 aliphatic carbocycles. The number of esters is 1. The summed E-state index contributed by atoms with van der Waals surface area (Å²) >= 11 is 0. The van der Waals surface area contributed by atoms with Gasteiger partial charge in [-0.25, -0.2) is 0 Å². The molecule has 2 atom stereocenters. The Kier molecular flexibility index (Phi) is 12.0. The van der Waals surface area contributed by atoms with Crippen LogP contribution in [0.4, 0.5) is 5.69 Å². The zero-order valence-corrected chi connectivity index (χ0v) is 21.8. The van der Waals surface area contributed by atoms with E-state index in [4.69, 9.17) is 4.74 Å². The molecule has 0 saturated heterocycles. The summed E-state index contributed by atoms with van der Waals surface area (Å²) < 4.78 is 5.29. The zero-order valence-electron chi connectivity index (χ0n) is 21.8. The monoisotopic (exact) mass is 474 g/mol. The number of hydrogen-bond acceptors (Lipinski definition) is 5. The van der Waals surface area contributed by atoms with Crippen LogP contribution in [0.5, 0.6) is 0 Å². The maximum atomic E-state index is 12.8.